The van der Waals surface area contributed by atoms with Gasteiger partial charge in [-0.3, -0.25) is 24.5 Å². The second-order valence-corrected chi connectivity index (χ2v) is 11.5. The molecule has 3 aliphatic rings. The number of halogens is 1. The van der Waals surface area contributed by atoms with Crippen molar-refractivity contribution in [3.05, 3.63) is 141 Å². The normalized spacial score (nSPS) is 23.2. The summed E-state index contributed by atoms with van der Waals surface area (Å²) in [5.74, 6) is -2.30. The number of benzene rings is 4. The van der Waals surface area contributed by atoms with Gasteiger partial charge in [0, 0.05) is 45.2 Å². The number of carbonyl (C=O) groups excluding carboxylic acids is 3. The minimum absolute atomic E-state index is 0.155. The highest BCUT2D eigenvalue weighted by Gasteiger charge is 2.70. The highest BCUT2D eigenvalue weighted by Crippen LogP contribution is 2.58. The summed E-state index contributed by atoms with van der Waals surface area (Å²) in [4.78, 5) is 56.6. The van der Waals surface area contributed by atoms with E-state index in [1.807, 2.05) is 60.4 Å². The molecule has 7 rings (SSSR count). The van der Waals surface area contributed by atoms with Crippen molar-refractivity contribution in [3.8, 4) is 0 Å². The molecule has 212 valence electrons. The summed E-state index contributed by atoms with van der Waals surface area (Å²) in [7, 11) is 0. The Morgan fingerprint density at radius 3 is 2.23 bits per heavy atom. The van der Waals surface area contributed by atoms with Crippen molar-refractivity contribution in [3.63, 3.8) is 0 Å². The number of rotatable bonds is 5. The molecule has 9 heteroatoms. The Balaban J connectivity index is 1.53. The second-order valence-electron chi connectivity index (χ2n) is 11.0. The summed E-state index contributed by atoms with van der Waals surface area (Å²) in [5.41, 5.74) is 2.70. The van der Waals surface area contributed by atoms with Crippen LogP contribution in [0.4, 0.5) is 17.1 Å². The van der Waals surface area contributed by atoms with Crippen LogP contribution in [0.3, 0.4) is 0 Å². The molecule has 4 unspecified atom stereocenters. The number of hydrogen-bond donors (Lipinski definition) is 1. The van der Waals surface area contributed by atoms with Gasteiger partial charge in [0.2, 0.25) is 5.91 Å². The Labute approximate surface area is 251 Å². The van der Waals surface area contributed by atoms with Crippen LogP contribution >= 0.6 is 11.6 Å². The highest BCUT2D eigenvalue weighted by molar-refractivity contribution is 6.30. The monoisotopic (exact) mass is 589 g/mol. The third-order valence-corrected chi connectivity index (χ3v) is 9.18. The Hall–Kier alpha value is -5.08. The van der Waals surface area contributed by atoms with Gasteiger partial charge in [-0.05, 0) is 66.6 Å². The van der Waals surface area contributed by atoms with E-state index in [1.165, 1.54) is 24.3 Å². The maximum atomic E-state index is 14.8. The van der Waals surface area contributed by atoms with E-state index in [1.54, 1.807) is 30.3 Å². The molecule has 1 fully saturated rings. The number of carbonyl (C=O) groups is 3. The quantitative estimate of drug-likeness (QED) is 0.162. The topological polar surface area (TPSA) is 110 Å². The van der Waals surface area contributed by atoms with Gasteiger partial charge in [0.25, 0.3) is 5.69 Å². The largest absolute Gasteiger partial charge is 0.352 e. The summed E-state index contributed by atoms with van der Waals surface area (Å²) in [6.45, 7) is 1.96. The van der Waals surface area contributed by atoms with E-state index in [0.29, 0.717) is 21.8 Å². The van der Waals surface area contributed by atoms with Gasteiger partial charge >= 0.3 is 0 Å². The minimum atomic E-state index is -1.46. The molecule has 8 nitrogen and oxygen atoms in total. The molecule has 4 aromatic rings. The highest BCUT2D eigenvalue weighted by atomic mass is 35.5. The fraction of sp³-hybridized carbons (Fsp3) is 0.147. The number of nitro benzene ring substituents is 1. The second kappa shape index (κ2) is 9.74. The fourth-order valence-corrected chi connectivity index (χ4v) is 7.23. The fourth-order valence-electron chi connectivity index (χ4n) is 7.10. The standard InChI is InChI=1S/C34H24ClN3O5/c1-19-18-28-34(25-7-3-4-8-26(25)36-33(34)41)29(31(39)20-10-14-22(35)15-11-20)30(37(28)27-9-5-2-6-24(19)27)32(40)21-12-16-23(17-13-21)38(42)43/h2-18,28-30H,1H3,(H,36,41). The lowest BCUT2D eigenvalue weighted by Crippen LogP contribution is -2.51. The predicted octanol–water partition coefficient (Wildman–Crippen LogP) is 6.49. The van der Waals surface area contributed by atoms with E-state index in [2.05, 4.69) is 5.32 Å². The number of anilines is 2. The molecule has 1 N–H and O–H groups in total. The molecular formula is C34H24ClN3O5. The zero-order chi connectivity index (χ0) is 30.0. The molecular weight excluding hydrogens is 566 g/mol. The number of fused-ring (bicyclic) bond motifs is 6. The first-order valence-corrected chi connectivity index (χ1v) is 14.2. The summed E-state index contributed by atoms with van der Waals surface area (Å²) < 4.78 is 0. The minimum Gasteiger partial charge on any atom is -0.352 e. The van der Waals surface area contributed by atoms with Crippen molar-refractivity contribution in [1.82, 2.24) is 0 Å². The van der Waals surface area contributed by atoms with Crippen LogP contribution in [0.25, 0.3) is 5.57 Å². The lowest BCUT2D eigenvalue weighted by Gasteiger charge is -2.39. The molecule has 1 amide bonds. The van der Waals surface area contributed by atoms with Crippen LogP contribution in [-0.4, -0.2) is 34.5 Å². The Bertz CT molecular complexity index is 1880. The molecule has 43 heavy (non-hydrogen) atoms. The third kappa shape index (κ3) is 3.79. The molecule has 0 aromatic heterocycles. The first kappa shape index (κ1) is 26.8. The molecule has 3 aliphatic heterocycles. The van der Waals surface area contributed by atoms with Crippen LogP contribution in [0.1, 0.15) is 38.8 Å². The summed E-state index contributed by atoms with van der Waals surface area (Å²) in [6.07, 6.45) is 1.98. The van der Waals surface area contributed by atoms with Gasteiger partial charge in [0.1, 0.15) is 11.5 Å². The Kier molecular flexibility index (Phi) is 6.07. The van der Waals surface area contributed by atoms with Crippen molar-refractivity contribution in [2.45, 2.75) is 24.4 Å². The Morgan fingerprint density at radius 1 is 0.884 bits per heavy atom. The van der Waals surface area contributed by atoms with E-state index in [-0.39, 0.29) is 22.9 Å². The number of nitrogens with zero attached hydrogens (tertiary/aromatic N) is 2. The SMILES string of the molecule is CC1=CC2N(c3ccccc31)C(C(=O)c1ccc([N+](=O)[O-])cc1)C(C(=O)c1ccc(Cl)cc1)C21C(=O)Nc2ccccc21. The number of ketones is 2. The molecule has 0 aliphatic carbocycles. The molecule has 1 spiro atoms. The number of nitrogens with one attached hydrogen (secondary N) is 1. The van der Waals surface area contributed by atoms with Crippen molar-refractivity contribution in [2.24, 2.45) is 5.92 Å². The summed E-state index contributed by atoms with van der Waals surface area (Å²) in [5, 5.41) is 14.8. The summed E-state index contributed by atoms with van der Waals surface area (Å²) >= 11 is 6.16. The molecule has 4 aromatic carbocycles. The van der Waals surface area contributed by atoms with Gasteiger partial charge in [-0.25, -0.2) is 0 Å². The van der Waals surface area contributed by atoms with Gasteiger partial charge in [-0.1, -0.05) is 54.1 Å². The van der Waals surface area contributed by atoms with Crippen LogP contribution in [0.15, 0.2) is 103 Å². The van der Waals surface area contributed by atoms with E-state index in [0.717, 1.165) is 16.8 Å². The van der Waals surface area contributed by atoms with Crippen molar-refractivity contribution in [1.29, 1.82) is 0 Å². The van der Waals surface area contributed by atoms with E-state index in [9.17, 15) is 24.5 Å². The molecule has 0 radical (unpaired) electrons. The number of non-ortho nitro benzene ring substituents is 1. The average Bonchev–Trinajstić information content (AvgIpc) is 3.49. The molecule has 1 saturated heterocycles. The molecule has 3 heterocycles. The van der Waals surface area contributed by atoms with E-state index < -0.39 is 34.1 Å². The number of amides is 1. The number of allylic oxidation sites excluding steroid dienone is 1. The van der Waals surface area contributed by atoms with Crippen molar-refractivity contribution >= 4 is 51.7 Å². The molecule has 4 atom stereocenters. The zero-order valence-electron chi connectivity index (χ0n) is 22.9. The van der Waals surface area contributed by atoms with Crippen LogP contribution in [0.2, 0.25) is 5.02 Å². The van der Waals surface area contributed by atoms with Gasteiger partial charge in [-0.2, -0.15) is 0 Å². The van der Waals surface area contributed by atoms with Crippen LogP contribution < -0.4 is 10.2 Å². The average molecular weight is 590 g/mol. The first-order chi connectivity index (χ1) is 20.7. The van der Waals surface area contributed by atoms with Gasteiger partial charge in [-0.15, -0.1) is 0 Å². The van der Waals surface area contributed by atoms with Gasteiger partial charge in [0.05, 0.1) is 16.9 Å². The van der Waals surface area contributed by atoms with E-state index in [4.69, 9.17) is 11.6 Å². The zero-order valence-corrected chi connectivity index (χ0v) is 23.6. The van der Waals surface area contributed by atoms with Crippen LogP contribution in [0, 0.1) is 16.0 Å². The predicted molar refractivity (Wildman–Crippen MR) is 164 cm³/mol. The maximum absolute atomic E-state index is 14.8. The number of hydrogen-bond acceptors (Lipinski definition) is 6. The van der Waals surface area contributed by atoms with E-state index >= 15 is 0 Å². The van der Waals surface area contributed by atoms with Crippen molar-refractivity contribution in [2.75, 3.05) is 10.2 Å². The number of nitro groups is 1. The maximum Gasteiger partial charge on any atom is 0.269 e. The number of Topliss-reactive ketones (excluding diaryl/α,β-unsaturated/α-hetero) is 2. The van der Waals surface area contributed by atoms with Gasteiger partial charge < -0.3 is 10.2 Å². The smallest absolute Gasteiger partial charge is 0.269 e. The van der Waals surface area contributed by atoms with Crippen molar-refractivity contribution < 1.29 is 19.3 Å². The lowest BCUT2D eigenvalue weighted by atomic mass is 9.64. The number of para-hydroxylation sites is 2. The van der Waals surface area contributed by atoms with Crippen LogP contribution in [-0.2, 0) is 10.2 Å². The molecule has 0 bridgehead atoms. The molecule has 0 saturated carbocycles. The lowest BCUT2D eigenvalue weighted by molar-refractivity contribution is -0.384. The van der Waals surface area contributed by atoms with Gasteiger partial charge in [0.15, 0.2) is 11.6 Å². The summed E-state index contributed by atoms with van der Waals surface area (Å²) in [6, 6.07) is 24.9. The first-order valence-electron chi connectivity index (χ1n) is 13.8. The van der Waals surface area contributed by atoms with Crippen LogP contribution in [0.5, 0.6) is 0 Å². The Morgan fingerprint density at radius 2 is 1.51 bits per heavy atom. The third-order valence-electron chi connectivity index (χ3n) is 8.93.